The second-order valence-electron chi connectivity index (χ2n) is 11.1. The van der Waals surface area contributed by atoms with Gasteiger partial charge in [0.2, 0.25) is 0 Å². The minimum Gasteiger partial charge on any atom is -0.436 e. The monoisotopic (exact) mass is 494 g/mol. The summed E-state index contributed by atoms with van der Waals surface area (Å²) in [6.45, 7) is 15.1. The Morgan fingerprint density at radius 1 is 0.944 bits per heavy atom. The van der Waals surface area contributed by atoms with Crippen molar-refractivity contribution in [3.05, 3.63) is 71.8 Å². The van der Waals surface area contributed by atoms with Gasteiger partial charge in [-0.1, -0.05) is 81.4 Å². The molecule has 0 saturated carbocycles. The summed E-state index contributed by atoms with van der Waals surface area (Å²) >= 11 is 0. The number of nitrogens with zero attached hydrogens (tertiary/aromatic N) is 2. The molecule has 2 atom stereocenters. The lowest BCUT2D eigenvalue weighted by Crippen LogP contribution is -2.56. The molecule has 2 aromatic rings. The van der Waals surface area contributed by atoms with Gasteiger partial charge in [-0.3, -0.25) is 14.6 Å². The lowest BCUT2D eigenvalue weighted by atomic mass is 9.94. The van der Waals surface area contributed by atoms with Crippen molar-refractivity contribution in [3.8, 4) is 0 Å². The summed E-state index contributed by atoms with van der Waals surface area (Å²) in [7, 11) is 0. The maximum Gasteiger partial charge on any atom is 0.413 e. The maximum atomic E-state index is 13.6. The Balaban J connectivity index is 1.96. The minimum atomic E-state index is -0.901. The molecule has 6 heteroatoms. The molecular weight excluding hydrogens is 452 g/mol. The van der Waals surface area contributed by atoms with Crippen LogP contribution in [-0.4, -0.2) is 51.7 Å². The number of ketones is 1. The first-order valence-electron chi connectivity index (χ1n) is 13.0. The molecule has 1 heterocycles. The van der Waals surface area contributed by atoms with Crippen molar-refractivity contribution in [1.82, 2.24) is 9.80 Å². The maximum absolute atomic E-state index is 13.6. The molecule has 0 spiro atoms. The van der Waals surface area contributed by atoms with E-state index in [1.807, 2.05) is 77.9 Å². The van der Waals surface area contributed by atoms with Gasteiger partial charge in [-0.15, -0.1) is 0 Å². The van der Waals surface area contributed by atoms with Gasteiger partial charge in [0, 0.05) is 19.0 Å². The minimum absolute atomic E-state index is 0.0722. The fourth-order valence-corrected chi connectivity index (χ4v) is 5.08. The van der Waals surface area contributed by atoms with Crippen molar-refractivity contribution in [3.63, 3.8) is 0 Å². The van der Waals surface area contributed by atoms with E-state index in [9.17, 15) is 9.59 Å². The third-order valence-corrected chi connectivity index (χ3v) is 6.88. The molecule has 1 aliphatic rings. The summed E-state index contributed by atoms with van der Waals surface area (Å²) in [6.07, 6.45) is -0.763. The molecule has 0 aliphatic carbocycles. The third-order valence-electron chi connectivity index (χ3n) is 6.88. The number of benzene rings is 2. The topological polar surface area (TPSA) is 59.1 Å². The quantitative estimate of drug-likeness (QED) is 0.403. The van der Waals surface area contributed by atoms with Gasteiger partial charge in [-0.25, -0.2) is 4.79 Å². The molecule has 0 bridgehead atoms. The largest absolute Gasteiger partial charge is 0.436 e. The number of rotatable bonds is 10. The Kier molecular flexibility index (Phi) is 8.96. The fraction of sp³-hybridized carbons (Fsp3) is 0.533. The average Bonchev–Trinajstić information content (AvgIpc) is 3.06. The molecule has 0 aromatic heterocycles. The van der Waals surface area contributed by atoms with Crippen molar-refractivity contribution < 1.29 is 19.1 Å². The summed E-state index contributed by atoms with van der Waals surface area (Å²) in [5.74, 6) is -0.347. The fourth-order valence-electron chi connectivity index (χ4n) is 5.08. The summed E-state index contributed by atoms with van der Waals surface area (Å²) in [4.78, 5) is 31.1. The van der Waals surface area contributed by atoms with E-state index in [4.69, 9.17) is 9.47 Å². The molecule has 2 aromatic carbocycles. The summed E-state index contributed by atoms with van der Waals surface area (Å²) < 4.78 is 12.1. The van der Waals surface area contributed by atoms with E-state index in [1.54, 1.807) is 4.90 Å². The first-order chi connectivity index (χ1) is 17.0. The number of Topliss-reactive ketones (excluding diaryl/α,β-unsaturated/α-hetero) is 1. The van der Waals surface area contributed by atoms with Crippen LogP contribution in [0.1, 0.15) is 66.0 Å². The molecular formula is C30H42N2O4. The Hall–Kier alpha value is -2.70. The Morgan fingerprint density at radius 3 is 1.83 bits per heavy atom. The predicted octanol–water partition coefficient (Wildman–Crippen LogP) is 6.04. The average molecular weight is 495 g/mol. The molecule has 0 radical (unpaired) electrons. The number of ether oxygens (including phenoxy) is 2. The van der Waals surface area contributed by atoms with Gasteiger partial charge in [-0.2, -0.15) is 0 Å². The summed E-state index contributed by atoms with van der Waals surface area (Å²) in [6, 6.07) is 20.1. The normalized spacial score (nSPS) is 18.3. The predicted molar refractivity (Wildman–Crippen MR) is 142 cm³/mol. The molecule has 3 rings (SSSR count). The van der Waals surface area contributed by atoms with Crippen molar-refractivity contribution >= 4 is 11.9 Å². The van der Waals surface area contributed by atoms with Crippen LogP contribution in [-0.2, 0) is 27.4 Å². The standard InChI is InChI=1S/C30H42N2O4/c1-8-25(31(19-23-15-11-9-12-16-23)20-24-17-13-10-14-18-24)27(26(33)22(2)3)36-28(34)32-29(4,5)21-35-30(32,6)7/h9-18,22,25,27H,8,19-21H2,1-7H3/t25-,27-/m1/s1. The Morgan fingerprint density at radius 2 is 1.44 bits per heavy atom. The molecule has 0 unspecified atom stereocenters. The second-order valence-corrected chi connectivity index (χ2v) is 11.1. The zero-order valence-electron chi connectivity index (χ0n) is 22.9. The molecule has 1 saturated heterocycles. The van der Waals surface area contributed by atoms with Gasteiger partial charge >= 0.3 is 6.09 Å². The molecule has 1 fully saturated rings. The van der Waals surface area contributed by atoms with E-state index in [0.29, 0.717) is 26.1 Å². The van der Waals surface area contributed by atoms with Gasteiger partial charge in [0.1, 0.15) is 5.72 Å². The van der Waals surface area contributed by atoms with Crippen LogP contribution in [0.15, 0.2) is 60.7 Å². The van der Waals surface area contributed by atoms with Gasteiger partial charge < -0.3 is 9.47 Å². The zero-order valence-corrected chi connectivity index (χ0v) is 22.9. The van der Waals surface area contributed by atoms with Gasteiger partial charge in [0.05, 0.1) is 18.2 Å². The van der Waals surface area contributed by atoms with Gasteiger partial charge in [0.15, 0.2) is 11.9 Å². The highest BCUT2D eigenvalue weighted by molar-refractivity contribution is 5.87. The van der Waals surface area contributed by atoms with E-state index in [0.717, 1.165) is 11.1 Å². The summed E-state index contributed by atoms with van der Waals surface area (Å²) in [5.41, 5.74) is 0.927. The molecule has 36 heavy (non-hydrogen) atoms. The van der Waals surface area contributed by atoms with Crippen molar-refractivity contribution in [2.45, 2.75) is 91.4 Å². The highest BCUT2D eigenvalue weighted by atomic mass is 16.6. The summed E-state index contributed by atoms with van der Waals surface area (Å²) in [5, 5.41) is 0. The van der Waals surface area contributed by atoms with Crippen LogP contribution in [0.4, 0.5) is 4.79 Å². The van der Waals surface area contributed by atoms with Crippen LogP contribution in [0, 0.1) is 5.92 Å². The molecule has 1 amide bonds. The number of hydrogen-bond donors (Lipinski definition) is 0. The molecule has 0 N–H and O–H groups in total. The number of carbonyl (C=O) groups excluding carboxylic acids is 2. The van der Waals surface area contributed by atoms with E-state index in [-0.39, 0.29) is 17.7 Å². The van der Waals surface area contributed by atoms with E-state index >= 15 is 0 Å². The van der Waals surface area contributed by atoms with Gasteiger partial charge in [0.25, 0.3) is 0 Å². The lowest BCUT2D eigenvalue weighted by molar-refractivity contribution is -0.137. The second kappa shape index (κ2) is 11.6. The number of carbonyl (C=O) groups is 2. The highest BCUT2D eigenvalue weighted by Crippen LogP contribution is 2.36. The van der Waals surface area contributed by atoms with Crippen LogP contribution in [0.25, 0.3) is 0 Å². The van der Waals surface area contributed by atoms with Gasteiger partial charge in [-0.05, 0) is 45.2 Å². The lowest BCUT2D eigenvalue weighted by Gasteiger charge is -2.40. The van der Waals surface area contributed by atoms with Crippen molar-refractivity contribution in [2.75, 3.05) is 6.61 Å². The van der Waals surface area contributed by atoms with Crippen LogP contribution in [0.2, 0.25) is 0 Å². The SMILES string of the molecule is CC[C@H]([C@@H](OC(=O)N1C(C)(C)COC1(C)C)C(=O)C(C)C)N(Cc1ccccc1)Cc1ccccc1. The van der Waals surface area contributed by atoms with Crippen LogP contribution < -0.4 is 0 Å². The molecule has 6 nitrogen and oxygen atoms in total. The van der Waals surface area contributed by atoms with Crippen LogP contribution in [0.5, 0.6) is 0 Å². The van der Waals surface area contributed by atoms with E-state index in [1.165, 1.54) is 0 Å². The zero-order chi connectivity index (χ0) is 26.5. The smallest absolute Gasteiger partial charge is 0.413 e. The van der Waals surface area contributed by atoms with Crippen molar-refractivity contribution in [2.24, 2.45) is 5.92 Å². The Labute approximate surface area is 216 Å². The van der Waals surface area contributed by atoms with Crippen LogP contribution in [0.3, 0.4) is 0 Å². The molecule has 196 valence electrons. The first-order valence-corrected chi connectivity index (χ1v) is 13.0. The van der Waals surface area contributed by atoms with Crippen LogP contribution >= 0.6 is 0 Å². The van der Waals surface area contributed by atoms with E-state index in [2.05, 4.69) is 36.1 Å². The Bertz CT molecular complexity index is 947. The number of hydrogen-bond acceptors (Lipinski definition) is 5. The highest BCUT2D eigenvalue weighted by Gasteiger charge is 2.51. The molecule has 1 aliphatic heterocycles. The number of amides is 1. The van der Waals surface area contributed by atoms with Crippen molar-refractivity contribution in [1.29, 1.82) is 0 Å². The van der Waals surface area contributed by atoms with E-state index < -0.39 is 23.5 Å². The first kappa shape index (κ1) is 27.9. The third kappa shape index (κ3) is 6.54.